The highest BCUT2D eigenvalue weighted by atomic mass is 32.1. The summed E-state index contributed by atoms with van der Waals surface area (Å²) >= 11 is 1.79. The highest BCUT2D eigenvalue weighted by Crippen LogP contribution is 2.34. The topological polar surface area (TPSA) is 68.2 Å². The number of aryl methyl sites for hydroxylation is 2. The van der Waals surface area contributed by atoms with E-state index in [-0.39, 0.29) is 6.04 Å². The highest BCUT2D eigenvalue weighted by molar-refractivity contribution is 7.15. The number of nitrogens with zero attached hydrogens (tertiary/aromatic N) is 3. The molecule has 21 heavy (non-hydrogen) atoms. The second-order valence-electron chi connectivity index (χ2n) is 5.95. The first-order chi connectivity index (χ1) is 10.1. The van der Waals surface area contributed by atoms with E-state index in [1.165, 1.54) is 42.5 Å². The molecule has 2 heterocycles. The summed E-state index contributed by atoms with van der Waals surface area (Å²) < 4.78 is 5.41. The fourth-order valence-corrected chi connectivity index (χ4v) is 3.91. The molecule has 0 saturated carbocycles. The van der Waals surface area contributed by atoms with Crippen molar-refractivity contribution in [2.24, 2.45) is 5.73 Å². The summed E-state index contributed by atoms with van der Waals surface area (Å²) in [4.78, 5) is 9.07. The van der Waals surface area contributed by atoms with E-state index in [0.717, 1.165) is 4.88 Å². The minimum atomic E-state index is -0.213. The Labute approximate surface area is 129 Å². The fraction of sp³-hybridized carbons (Fsp3) is 0.600. The van der Waals surface area contributed by atoms with Gasteiger partial charge in [0.05, 0.1) is 10.9 Å². The van der Waals surface area contributed by atoms with Gasteiger partial charge < -0.3 is 15.2 Å². The molecule has 6 heteroatoms. The molecule has 0 amide bonds. The zero-order chi connectivity index (χ0) is 14.8. The number of hydrogen-bond donors (Lipinski definition) is 1. The van der Waals surface area contributed by atoms with Gasteiger partial charge >= 0.3 is 0 Å². The number of fused-ring (bicyclic) bond motifs is 1. The zero-order valence-electron chi connectivity index (χ0n) is 12.6. The van der Waals surface area contributed by atoms with E-state index in [2.05, 4.69) is 16.2 Å². The van der Waals surface area contributed by atoms with Gasteiger partial charge in [-0.25, -0.2) is 0 Å². The molecule has 0 aliphatic heterocycles. The molecule has 0 aromatic carbocycles. The van der Waals surface area contributed by atoms with Crippen LogP contribution >= 0.6 is 11.3 Å². The number of hydrogen-bond acceptors (Lipinski definition) is 6. The van der Waals surface area contributed by atoms with Gasteiger partial charge in [-0.05, 0) is 51.4 Å². The van der Waals surface area contributed by atoms with Crippen molar-refractivity contribution in [1.29, 1.82) is 0 Å². The van der Waals surface area contributed by atoms with Crippen LogP contribution in [0.25, 0.3) is 10.8 Å². The first-order valence-corrected chi connectivity index (χ1v) is 8.31. The lowest BCUT2D eigenvalue weighted by atomic mass is 10.1. The summed E-state index contributed by atoms with van der Waals surface area (Å²) in [6.45, 7) is 0.708. The molecule has 3 rings (SSSR count). The third-order valence-corrected chi connectivity index (χ3v) is 5.02. The van der Waals surface area contributed by atoms with Gasteiger partial charge in [0, 0.05) is 11.4 Å². The Balaban J connectivity index is 1.80. The fourth-order valence-electron chi connectivity index (χ4n) is 2.73. The van der Waals surface area contributed by atoms with E-state index in [9.17, 15) is 0 Å². The van der Waals surface area contributed by atoms with Crippen LogP contribution in [0, 0.1) is 0 Å². The van der Waals surface area contributed by atoms with Crippen molar-refractivity contribution in [3.05, 3.63) is 22.3 Å². The van der Waals surface area contributed by atoms with E-state index in [1.54, 1.807) is 11.3 Å². The molecule has 1 aliphatic rings. The van der Waals surface area contributed by atoms with Crippen LogP contribution < -0.4 is 5.73 Å². The van der Waals surface area contributed by atoms with Gasteiger partial charge in [0.15, 0.2) is 5.82 Å². The number of thiophene rings is 1. The van der Waals surface area contributed by atoms with Crippen LogP contribution in [-0.2, 0) is 12.8 Å². The first-order valence-electron chi connectivity index (χ1n) is 7.49. The Hall–Kier alpha value is -1.24. The second kappa shape index (κ2) is 6.25. The van der Waals surface area contributed by atoms with Gasteiger partial charge in [-0.15, -0.1) is 11.3 Å². The van der Waals surface area contributed by atoms with Crippen molar-refractivity contribution in [3.8, 4) is 10.8 Å². The molecule has 0 fully saturated rings. The summed E-state index contributed by atoms with van der Waals surface area (Å²) in [6.07, 6.45) is 6.26. The molecule has 5 nitrogen and oxygen atoms in total. The van der Waals surface area contributed by atoms with E-state index in [1.807, 2.05) is 19.0 Å². The summed E-state index contributed by atoms with van der Waals surface area (Å²) in [6, 6.07) is 2.01. The lowest BCUT2D eigenvalue weighted by molar-refractivity contribution is 0.357. The molecule has 0 saturated heterocycles. The lowest BCUT2D eigenvalue weighted by Gasteiger charge is -2.12. The SMILES string of the molecule is CN(C)CC(N)c1noc(-c2cc3c(s2)CCCCC3)n1. The smallest absolute Gasteiger partial charge is 0.268 e. The molecule has 114 valence electrons. The summed E-state index contributed by atoms with van der Waals surface area (Å²) in [5.74, 6) is 1.19. The monoisotopic (exact) mass is 306 g/mol. The van der Waals surface area contributed by atoms with Crippen LogP contribution in [0.2, 0.25) is 0 Å². The zero-order valence-corrected chi connectivity index (χ0v) is 13.4. The Morgan fingerprint density at radius 3 is 2.95 bits per heavy atom. The minimum absolute atomic E-state index is 0.213. The maximum Gasteiger partial charge on any atom is 0.268 e. The quantitative estimate of drug-likeness (QED) is 0.879. The van der Waals surface area contributed by atoms with Crippen LogP contribution in [0.1, 0.15) is 41.6 Å². The predicted molar refractivity (Wildman–Crippen MR) is 84.4 cm³/mol. The molecule has 0 bridgehead atoms. The average molecular weight is 306 g/mol. The number of likely N-dealkylation sites (N-methyl/N-ethyl adjacent to an activating group) is 1. The predicted octanol–water partition coefficient (Wildman–Crippen LogP) is 2.63. The highest BCUT2D eigenvalue weighted by Gasteiger charge is 2.19. The number of aromatic nitrogens is 2. The first kappa shape index (κ1) is 14.7. The van der Waals surface area contributed by atoms with Crippen LogP contribution in [0.3, 0.4) is 0 Å². The van der Waals surface area contributed by atoms with E-state index in [0.29, 0.717) is 18.3 Å². The molecule has 1 atom stereocenters. The van der Waals surface area contributed by atoms with Gasteiger partial charge in [0.2, 0.25) is 0 Å². The molecule has 0 radical (unpaired) electrons. The van der Waals surface area contributed by atoms with Crippen molar-refractivity contribution >= 4 is 11.3 Å². The van der Waals surface area contributed by atoms with Crippen molar-refractivity contribution in [2.75, 3.05) is 20.6 Å². The molecule has 2 N–H and O–H groups in total. The molecular weight excluding hydrogens is 284 g/mol. The van der Waals surface area contributed by atoms with Crippen LogP contribution in [-0.4, -0.2) is 35.7 Å². The van der Waals surface area contributed by atoms with Gasteiger partial charge in [0.1, 0.15) is 0 Å². The number of rotatable bonds is 4. The summed E-state index contributed by atoms with van der Waals surface area (Å²) in [7, 11) is 3.97. The van der Waals surface area contributed by atoms with Crippen LogP contribution in [0.15, 0.2) is 10.6 Å². The standard InChI is InChI=1S/C15H22N4OS/c1-19(2)9-11(16)14-17-15(20-18-14)13-8-10-6-4-3-5-7-12(10)21-13/h8,11H,3-7,9,16H2,1-2H3. The van der Waals surface area contributed by atoms with Crippen molar-refractivity contribution in [1.82, 2.24) is 15.0 Å². The Kier molecular flexibility index (Phi) is 4.37. The van der Waals surface area contributed by atoms with Crippen molar-refractivity contribution < 1.29 is 4.52 Å². The maximum atomic E-state index is 6.08. The normalized spacial score (nSPS) is 16.8. The van der Waals surface area contributed by atoms with Gasteiger partial charge in [-0.2, -0.15) is 4.98 Å². The van der Waals surface area contributed by atoms with E-state index < -0.39 is 0 Å². The molecule has 1 unspecified atom stereocenters. The summed E-state index contributed by atoms with van der Waals surface area (Å²) in [5.41, 5.74) is 7.55. The van der Waals surface area contributed by atoms with Gasteiger partial charge in [0.25, 0.3) is 5.89 Å². The molecule has 1 aliphatic carbocycles. The number of nitrogens with two attached hydrogens (primary N) is 1. The Morgan fingerprint density at radius 2 is 2.14 bits per heavy atom. The Morgan fingerprint density at radius 1 is 1.33 bits per heavy atom. The van der Waals surface area contributed by atoms with Crippen LogP contribution in [0.4, 0.5) is 0 Å². The van der Waals surface area contributed by atoms with E-state index >= 15 is 0 Å². The molecular formula is C15H22N4OS. The maximum absolute atomic E-state index is 6.08. The van der Waals surface area contributed by atoms with Crippen molar-refractivity contribution in [2.45, 2.75) is 38.1 Å². The largest absolute Gasteiger partial charge is 0.333 e. The minimum Gasteiger partial charge on any atom is -0.333 e. The van der Waals surface area contributed by atoms with Crippen molar-refractivity contribution in [3.63, 3.8) is 0 Å². The van der Waals surface area contributed by atoms with Crippen LogP contribution in [0.5, 0.6) is 0 Å². The summed E-state index contributed by atoms with van der Waals surface area (Å²) in [5, 5.41) is 4.04. The molecule has 2 aromatic heterocycles. The second-order valence-corrected chi connectivity index (χ2v) is 7.08. The molecule has 2 aromatic rings. The Bertz CT molecular complexity index is 581. The lowest BCUT2D eigenvalue weighted by Crippen LogP contribution is -2.26. The van der Waals surface area contributed by atoms with Gasteiger partial charge in [-0.3, -0.25) is 0 Å². The molecule has 0 spiro atoms. The van der Waals surface area contributed by atoms with E-state index in [4.69, 9.17) is 10.3 Å². The third kappa shape index (κ3) is 3.33. The van der Waals surface area contributed by atoms with Gasteiger partial charge in [-0.1, -0.05) is 11.6 Å². The average Bonchev–Trinajstić information content (AvgIpc) is 3.01. The third-order valence-electron chi connectivity index (χ3n) is 3.79.